The molecule has 0 spiro atoms. The third kappa shape index (κ3) is 3.70. The van der Waals surface area contributed by atoms with Crippen molar-refractivity contribution in [1.29, 1.82) is 0 Å². The maximum Gasteiger partial charge on any atom is 0.223 e. The lowest BCUT2D eigenvalue weighted by Gasteiger charge is -2.57. The molecule has 3 aliphatic heterocycles. The van der Waals surface area contributed by atoms with Gasteiger partial charge in [-0.15, -0.1) is 0 Å². The Morgan fingerprint density at radius 3 is 2.74 bits per heavy atom. The smallest absolute Gasteiger partial charge is 0.223 e. The number of rotatable bonds is 3. The topological polar surface area (TPSA) is 49.3 Å². The number of fused-ring (bicyclic) bond motifs is 4. The number of hydrogen-bond donors (Lipinski definition) is 0. The zero-order chi connectivity index (χ0) is 21.7. The maximum absolute atomic E-state index is 13.9. The number of carbonyl (C=O) groups excluding carboxylic acids is 1. The number of amides is 1. The SMILES string of the molecule is Cc1nc(C)c(C)c(N2C[C@H]3C[C@@H](C2)[C@H](Cc2cccc(F)c2)N2C(=O)CCC[C@@H]32)n1. The lowest BCUT2D eigenvalue weighted by molar-refractivity contribution is -0.148. The number of benzene rings is 1. The first kappa shape index (κ1) is 20.4. The van der Waals surface area contributed by atoms with Crippen LogP contribution >= 0.6 is 0 Å². The second kappa shape index (κ2) is 7.88. The normalized spacial score (nSPS) is 27.9. The van der Waals surface area contributed by atoms with Gasteiger partial charge in [0.15, 0.2) is 0 Å². The highest BCUT2D eigenvalue weighted by atomic mass is 19.1. The third-order valence-electron chi connectivity index (χ3n) is 7.61. The van der Waals surface area contributed by atoms with Gasteiger partial charge in [0, 0.05) is 42.9 Å². The Kier molecular flexibility index (Phi) is 5.19. The van der Waals surface area contributed by atoms with Gasteiger partial charge in [0.1, 0.15) is 17.5 Å². The first-order valence-electron chi connectivity index (χ1n) is 11.5. The van der Waals surface area contributed by atoms with E-state index < -0.39 is 0 Å². The lowest BCUT2D eigenvalue weighted by atomic mass is 9.70. The van der Waals surface area contributed by atoms with Crippen LogP contribution in [-0.2, 0) is 11.2 Å². The van der Waals surface area contributed by atoms with E-state index in [1.54, 1.807) is 12.1 Å². The third-order valence-corrected chi connectivity index (χ3v) is 7.61. The molecule has 3 fully saturated rings. The van der Waals surface area contributed by atoms with Gasteiger partial charge in [-0.1, -0.05) is 12.1 Å². The Balaban J connectivity index is 1.50. The zero-order valence-electron chi connectivity index (χ0n) is 18.6. The number of aryl methyl sites for hydroxylation is 2. The van der Waals surface area contributed by atoms with Crippen LogP contribution in [0.3, 0.4) is 0 Å². The van der Waals surface area contributed by atoms with Crippen LogP contribution in [0.15, 0.2) is 24.3 Å². The molecule has 0 unspecified atom stereocenters. The molecule has 31 heavy (non-hydrogen) atoms. The molecule has 1 amide bonds. The van der Waals surface area contributed by atoms with Crippen molar-refractivity contribution in [1.82, 2.24) is 14.9 Å². The molecule has 0 N–H and O–H groups in total. The highest BCUT2D eigenvalue weighted by Crippen LogP contribution is 2.43. The summed E-state index contributed by atoms with van der Waals surface area (Å²) in [5.74, 6) is 2.74. The van der Waals surface area contributed by atoms with Gasteiger partial charge < -0.3 is 9.80 Å². The standard InChI is InChI=1S/C25H31FN4O/c1-15-16(2)27-17(3)28-25(15)29-13-19-12-20(14-29)23(11-18-6-4-7-21(26)10-18)30-22(19)8-5-9-24(30)31/h4,6-7,10,19-20,22-23H,5,8-9,11-14H2,1-3H3/t19-,20+,22+,23+/m1/s1. The van der Waals surface area contributed by atoms with Gasteiger partial charge in [-0.3, -0.25) is 4.79 Å². The molecule has 6 heteroatoms. The van der Waals surface area contributed by atoms with Crippen LogP contribution in [0.25, 0.3) is 0 Å². The average molecular weight is 423 g/mol. The van der Waals surface area contributed by atoms with Gasteiger partial charge in [0.25, 0.3) is 0 Å². The minimum Gasteiger partial charge on any atom is -0.356 e. The van der Waals surface area contributed by atoms with Crippen LogP contribution in [0.1, 0.15) is 48.3 Å². The summed E-state index contributed by atoms with van der Waals surface area (Å²) in [6.07, 6.45) is 4.53. The van der Waals surface area contributed by atoms with Crippen LogP contribution in [0.2, 0.25) is 0 Å². The first-order chi connectivity index (χ1) is 14.9. The summed E-state index contributed by atoms with van der Waals surface area (Å²) >= 11 is 0. The van der Waals surface area contributed by atoms with E-state index in [9.17, 15) is 9.18 Å². The number of aromatic nitrogens is 2. The monoisotopic (exact) mass is 422 g/mol. The fourth-order valence-electron chi connectivity index (χ4n) is 6.17. The number of halogens is 1. The minimum atomic E-state index is -0.208. The summed E-state index contributed by atoms with van der Waals surface area (Å²) in [7, 11) is 0. The van der Waals surface area contributed by atoms with Crippen LogP contribution in [0.4, 0.5) is 10.2 Å². The van der Waals surface area contributed by atoms with Crippen LogP contribution in [0, 0.1) is 38.4 Å². The largest absolute Gasteiger partial charge is 0.356 e. The van der Waals surface area contributed by atoms with E-state index in [0.29, 0.717) is 24.7 Å². The molecule has 1 aromatic carbocycles. The van der Waals surface area contributed by atoms with Crippen LogP contribution in [-0.4, -0.2) is 45.9 Å². The van der Waals surface area contributed by atoms with Gasteiger partial charge >= 0.3 is 0 Å². The molecular formula is C25H31FN4O. The van der Waals surface area contributed by atoms with Crippen molar-refractivity contribution >= 4 is 11.7 Å². The van der Waals surface area contributed by atoms with E-state index in [2.05, 4.69) is 21.7 Å². The van der Waals surface area contributed by atoms with E-state index in [0.717, 1.165) is 60.8 Å². The molecule has 2 aromatic rings. The maximum atomic E-state index is 13.9. The van der Waals surface area contributed by atoms with Crippen LogP contribution < -0.4 is 4.90 Å². The molecule has 0 saturated carbocycles. The molecule has 5 nitrogen and oxygen atoms in total. The fraction of sp³-hybridized carbons (Fsp3) is 0.560. The fourth-order valence-corrected chi connectivity index (χ4v) is 6.17. The molecule has 5 rings (SSSR count). The Morgan fingerprint density at radius 2 is 1.94 bits per heavy atom. The molecule has 4 atom stereocenters. The first-order valence-corrected chi connectivity index (χ1v) is 11.5. The molecule has 3 saturated heterocycles. The predicted octanol–water partition coefficient (Wildman–Crippen LogP) is 3.99. The van der Waals surface area contributed by atoms with Crippen molar-refractivity contribution in [2.24, 2.45) is 11.8 Å². The number of anilines is 1. The Hall–Kier alpha value is -2.50. The van der Waals surface area contributed by atoms with Crippen molar-refractivity contribution < 1.29 is 9.18 Å². The average Bonchev–Trinajstić information content (AvgIpc) is 2.74. The summed E-state index contributed by atoms with van der Waals surface area (Å²) in [5, 5.41) is 0. The Bertz CT molecular complexity index is 1010. The highest BCUT2D eigenvalue weighted by Gasteiger charge is 2.49. The number of carbonyl (C=O) groups is 1. The van der Waals surface area contributed by atoms with Crippen molar-refractivity contribution in [3.63, 3.8) is 0 Å². The summed E-state index contributed by atoms with van der Waals surface area (Å²) in [5.41, 5.74) is 3.15. The van der Waals surface area contributed by atoms with Crippen molar-refractivity contribution in [2.75, 3.05) is 18.0 Å². The number of nitrogens with zero attached hydrogens (tertiary/aromatic N) is 4. The van der Waals surface area contributed by atoms with Crippen molar-refractivity contribution in [2.45, 2.75) is 65.0 Å². The molecule has 0 radical (unpaired) electrons. The van der Waals surface area contributed by atoms with E-state index >= 15 is 0 Å². The van der Waals surface area contributed by atoms with Crippen LogP contribution in [0.5, 0.6) is 0 Å². The van der Waals surface area contributed by atoms with Crippen molar-refractivity contribution in [3.8, 4) is 0 Å². The van der Waals surface area contributed by atoms with Gasteiger partial charge in [-0.25, -0.2) is 14.4 Å². The molecular weight excluding hydrogens is 391 g/mol. The Morgan fingerprint density at radius 1 is 1.13 bits per heavy atom. The second-order valence-electron chi connectivity index (χ2n) is 9.63. The molecule has 3 aliphatic rings. The van der Waals surface area contributed by atoms with E-state index in [4.69, 9.17) is 4.98 Å². The van der Waals surface area contributed by atoms with Gasteiger partial charge in [-0.05, 0) is 76.0 Å². The van der Waals surface area contributed by atoms with Gasteiger partial charge in [0.05, 0.1) is 0 Å². The molecule has 2 bridgehead atoms. The van der Waals surface area contributed by atoms with Crippen molar-refractivity contribution in [3.05, 3.63) is 52.7 Å². The molecule has 0 aliphatic carbocycles. The highest BCUT2D eigenvalue weighted by molar-refractivity contribution is 5.78. The predicted molar refractivity (Wildman–Crippen MR) is 118 cm³/mol. The van der Waals surface area contributed by atoms with Gasteiger partial charge in [-0.2, -0.15) is 0 Å². The van der Waals surface area contributed by atoms with E-state index in [-0.39, 0.29) is 23.8 Å². The van der Waals surface area contributed by atoms with Gasteiger partial charge in [0.2, 0.25) is 5.91 Å². The number of piperidine rings is 3. The van der Waals surface area contributed by atoms with E-state index in [1.807, 2.05) is 19.9 Å². The summed E-state index contributed by atoms with van der Waals surface area (Å²) in [4.78, 5) is 27.0. The summed E-state index contributed by atoms with van der Waals surface area (Å²) < 4.78 is 13.9. The summed E-state index contributed by atoms with van der Waals surface area (Å²) in [6, 6.07) is 7.26. The second-order valence-corrected chi connectivity index (χ2v) is 9.63. The van der Waals surface area contributed by atoms with E-state index in [1.165, 1.54) is 6.07 Å². The quantitative estimate of drug-likeness (QED) is 0.751. The Labute approximate surface area is 183 Å². The summed E-state index contributed by atoms with van der Waals surface area (Å²) in [6.45, 7) is 7.93. The molecule has 1 aromatic heterocycles. The minimum absolute atomic E-state index is 0.114. The molecule has 4 heterocycles. The molecule has 164 valence electrons. The lowest BCUT2D eigenvalue weighted by Crippen LogP contribution is -2.65. The zero-order valence-corrected chi connectivity index (χ0v) is 18.6. The number of hydrogen-bond acceptors (Lipinski definition) is 4.